The molecular formula is C11H12O5. The fourth-order valence-corrected chi connectivity index (χ4v) is 1.40. The number of carboxylic acid groups (broad SMARTS) is 2. The van der Waals surface area contributed by atoms with Crippen LogP contribution in [0.4, 0.5) is 0 Å². The predicted octanol–water partition coefficient (Wildman–Crippen LogP) is 1.01. The first-order chi connectivity index (χ1) is 7.56. The van der Waals surface area contributed by atoms with Gasteiger partial charge in [0.2, 0.25) is 0 Å². The SMILES string of the molecule is O=C(O)c1ccc(CCCO)c(C(=O)O)c1. The summed E-state index contributed by atoms with van der Waals surface area (Å²) in [5, 5.41) is 26.3. The Bertz CT molecular complexity index is 411. The number of carboxylic acids is 2. The van der Waals surface area contributed by atoms with E-state index in [0.717, 1.165) is 6.07 Å². The van der Waals surface area contributed by atoms with Crippen molar-refractivity contribution < 1.29 is 24.9 Å². The van der Waals surface area contributed by atoms with Crippen molar-refractivity contribution in [3.63, 3.8) is 0 Å². The van der Waals surface area contributed by atoms with Crippen molar-refractivity contribution in [2.24, 2.45) is 0 Å². The minimum Gasteiger partial charge on any atom is -0.478 e. The number of rotatable bonds is 5. The van der Waals surface area contributed by atoms with Gasteiger partial charge in [0.25, 0.3) is 0 Å². The van der Waals surface area contributed by atoms with Gasteiger partial charge in [0.1, 0.15) is 0 Å². The van der Waals surface area contributed by atoms with E-state index in [1.165, 1.54) is 12.1 Å². The van der Waals surface area contributed by atoms with E-state index in [9.17, 15) is 9.59 Å². The number of aliphatic hydroxyl groups is 1. The molecule has 0 spiro atoms. The van der Waals surface area contributed by atoms with Crippen molar-refractivity contribution in [2.45, 2.75) is 12.8 Å². The molecule has 5 nitrogen and oxygen atoms in total. The summed E-state index contributed by atoms with van der Waals surface area (Å²) in [4.78, 5) is 21.6. The Morgan fingerprint density at radius 3 is 2.31 bits per heavy atom. The Labute approximate surface area is 92.0 Å². The monoisotopic (exact) mass is 224 g/mol. The highest BCUT2D eigenvalue weighted by atomic mass is 16.4. The van der Waals surface area contributed by atoms with Gasteiger partial charge in [0, 0.05) is 6.61 Å². The highest BCUT2D eigenvalue weighted by Crippen LogP contribution is 2.14. The molecule has 0 fully saturated rings. The highest BCUT2D eigenvalue weighted by Gasteiger charge is 2.13. The zero-order valence-electron chi connectivity index (χ0n) is 8.51. The number of benzene rings is 1. The topological polar surface area (TPSA) is 94.8 Å². The van der Waals surface area contributed by atoms with Crippen LogP contribution < -0.4 is 0 Å². The van der Waals surface area contributed by atoms with Crippen LogP contribution in [0.1, 0.15) is 32.7 Å². The van der Waals surface area contributed by atoms with E-state index in [0.29, 0.717) is 18.4 Å². The van der Waals surface area contributed by atoms with Gasteiger partial charge in [0.15, 0.2) is 0 Å². The number of hydrogen-bond donors (Lipinski definition) is 3. The van der Waals surface area contributed by atoms with Crippen molar-refractivity contribution in [2.75, 3.05) is 6.61 Å². The van der Waals surface area contributed by atoms with Crippen LogP contribution in [0.25, 0.3) is 0 Å². The predicted molar refractivity (Wildman–Crippen MR) is 55.8 cm³/mol. The zero-order chi connectivity index (χ0) is 12.1. The first kappa shape index (κ1) is 12.2. The lowest BCUT2D eigenvalue weighted by molar-refractivity contribution is 0.0695. The largest absolute Gasteiger partial charge is 0.478 e. The second-order valence-corrected chi connectivity index (χ2v) is 3.31. The third-order valence-corrected chi connectivity index (χ3v) is 2.19. The van der Waals surface area contributed by atoms with Crippen LogP contribution >= 0.6 is 0 Å². The van der Waals surface area contributed by atoms with Gasteiger partial charge in [0.05, 0.1) is 11.1 Å². The zero-order valence-corrected chi connectivity index (χ0v) is 8.51. The fraction of sp³-hybridized carbons (Fsp3) is 0.273. The average molecular weight is 224 g/mol. The summed E-state index contributed by atoms with van der Waals surface area (Å²) in [6, 6.07) is 3.97. The molecule has 0 aliphatic rings. The second-order valence-electron chi connectivity index (χ2n) is 3.31. The Hall–Kier alpha value is -1.88. The average Bonchev–Trinajstić information content (AvgIpc) is 2.25. The summed E-state index contributed by atoms with van der Waals surface area (Å²) in [6.45, 7) is -0.0280. The molecule has 16 heavy (non-hydrogen) atoms. The molecule has 0 saturated carbocycles. The molecule has 0 amide bonds. The van der Waals surface area contributed by atoms with Gasteiger partial charge in [-0.3, -0.25) is 0 Å². The molecule has 1 rings (SSSR count). The molecule has 5 heteroatoms. The molecule has 1 aromatic rings. The summed E-state index contributed by atoms with van der Waals surface area (Å²) in [5.74, 6) is -2.31. The van der Waals surface area contributed by atoms with Crippen LogP contribution in [0.5, 0.6) is 0 Å². The van der Waals surface area contributed by atoms with Gasteiger partial charge in [-0.15, -0.1) is 0 Å². The molecule has 0 saturated heterocycles. The molecule has 0 atom stereocenters. The molecule has 0 unspecified atom stereocenters. The number of aryl methyl sites for hydroxylation is 1. The lowest BCUT2D eigenvalue weighted by atomic mass is 10.0. The lowest BCUT2D eigenvalue weighted by Crippen LogP contribution is -2.06. The van der Waals surface area contributed by atoms with Crippen LogP contribution in [0.15, 0.2) is 18.2 Å². The van der Waals surface area contributed by atoms with E-state index in [4.69, 9.17) is 15.3 Å². The number of aliphatic hydroxyl groups excluding tert-OH is 1. The van der Waals surface area contributed by atoms with E-state index >= 15 is 0 Å². The van der Waals surface area contributed by atoms with Gasteiger partial charge >= 0.3 is 11.9 Å². The molecule has 0 aromatic heterocycles. The van der Waals surface area contributed by atoms with Gasteiger partial charge in [-0.05, 0) is 30.5 Å². The summed E-state index contributed by atoms with van der Waals surface area (Å²) in [6.07, 6.45) is 0.866. The molecule has 0 radical (unpaired) electrons. The number of hydrogen-bond acceptors (Lipinski definition) is 3. The minimum atomic E-state index is -1.16. The number of carbonyl (C=O) groups is 2. The van der Waals surface area contributed by atoms with Crippen LogP contribution in [0, 0.1) is 0 Å². The minimum absolute atomic E-state index is 0.0200. The molecule has 0 bridgehead atoms. The Morgan fingerprint density at radius 2 is 1.81 bits per heavy atom. The Balaban J connectivity index is 3.09. The first-order valence-corrected chi connectivity index (χ1v) is 4.76. The van der Waals surface area contributed by atoms with E-state index in [2.05, 4.69) is 0 Å². The first-order valence-electron chi connectivity index (χ1n) is 4.76. The smallest absolute Gasteiger partial charge is 0.335 e. The highest BCUT2D eigenvalue weighted by molar-refractivity contribution is 5.94. The molecule has 0 heterocycles. The van der Waals surface area contributed by atoms with Crippen molar-refractivity contribution in [3.8, 4) is 0 Å². The summed E-state index contributed by atoms with van der Waals surface area (Å²) >= 11 is 0. The van der Waals surface area contributed by atoms with Crippen LogP contribution in [0.3, 0.4) is 0 Å². The second kappa shape index (κ2) is 5.27. The van der Waals surface area contributed by atoms with Gasteiger partial charge < -0.3 is 15.3 Å². The van der Waals surface area contributed by atoms with Crippen molar-refractivity contribution in [1.82, 2.24) is 0 Å². The van der Waals surface area contributed by atoms with Crippen LogP contribution in [0.2, 0.25) is 0 Å². The van der Waals surface area contributed by atoms with Gasteiger partial charge in [-0.2, -0.15) is 0 Å². The Morgan fingerprint density at radius 1 is 1.12 bits per heavy atom. The third-order valence-electron chi connectivity index (χ3n) is 2.19. The maximum absolute atomic E-state index is 10.9. The van der Waals surface area contributed by atoms with Crippen molar-refractivity contribution in [1.29, 1.82) is 0 Å². The molecule has 0 aliphatic heterocycles. The summed E-state index contributed by atoms with van der Waals surface area (Å²) in [5.41, 5.74) is 0.463. The molecule has 3 N–H and O–H groups in total. The van der Waals surface area contributed by atoms with Crippen LogP contribution in [-0.2, 0) is 6.42 Å². The summed E-state index contributed by atoms with van der Waals surface area (Å²) in [7, 11) is 0. The molecule has 1 aromatic carbocycles. The quantitative estimate of drug-likeness (QED) is 0.693. The van der Waals surface area contributed by atoms with Crippen LogP contribution in [-0.4, -0.2) is 33.9 Å². The van der Waals surface area contributed by atoms with E-state index in [1.54, 1.807) is 0 Å². The van der Waals surface area contributed by atoms with Crippen molar-refractivity contribution in [3.05, 3.63) is 34.9 Å². The standard InChI is InChI=1S/C11H12O5/c12-5-1-2-7-3-4-8(10(13)14)6-9(7)11(15)16/h3-4,6,12H,1-2,5H2,(H,13,14)(H,15,16). The Kier molecular flexibility index (Phi) is 4.02. The van der Waals surface area contributed by atoms with Crippen molar-refractivity contribution >= 4 is 11.9 Å². The maximum Gasteiger partial charge on any atom is 0.335 e. The van der Waals surface area contributed by atoms with E-state index < -0.39 is 11.9 Å². The maximum atomic E-state index is 10.9. The van der Waals surface area contributed by atoms with E-state index in [-0.39, 0.29) is 17.7 Å². The number of aromatic carboxylic acids is 2. The third kappa shape index (κ3) is 2.80. The fourth-order valence-electron chi connectivity index (χ4n) is 1.40. The summed E-state index contributed by atoms with van der Waals surface area (Å²) < 4.78 is 0. The van der Waals surface area contributed by atoms with Gasteiger partial charge in [-0.25, -0.2) is 9.59 Å². The molecule has 0 aliphatic carbocycles. The normalized spacial score (nSPS) is 10.1. The molecule has 86 valence electrons. The lowest BCUT2D eigenvalue weighted by Gasteiger charge is -2.06. The van der Waals surface area contributed by atoms with E-state index in [1.807, 2.05) is 0 Å². The molecular weight excluding hydrogens is 212 g/mol. The van der Waals surface area contributed by atoms with Gasteiger partial charge in [-0.1, -0.05) is 6.07 Å².